The second kappa shape index (κ2) is 5.12. The minimum atomic E-state index is 0.329. The lowest BCUT2D eigenvalue weighted by Crippen LogP contribution is -2.33. The van der Waals surface area contributed by atoms with Gasteiger partial charge in [0.2, 0.25) is 0 Å². The van der Waals surface area contributed by atoms with E-state index in [1.54, 1.807) is 0 Å². The molecule has 0 saturated carbocycles. The Labute approximate surface area is 76.5 Å². The van der Waals surface area contributed by atoms with Crippen LogP contribution in [0.4, 0.5) is 0 Å². The molecule has 1 saturated heterocycles. The summed E-state index contributed by atoms with van der Waals surface area (Å²) in [6, 6.07) is 0. The highest BCUT2D eigenvalue weighted by molar-refractivity contribution is 9.09. The van der Waals surface area contributed by atoms with Gasteiger partial charge in [-0.05, 0) is 37.8 Å². The van der Waals surface area contributed by atoms with Gasteiger partial charge in [0, 0.05) is 11.9 Å². The highest BCUT2D eigenvalue weighted by atomic mass is 79.9. The van der Waals surface area contributed by atoms with Gasteiger partial charge in [0.1, 0.15) is 0 Å². The lowest BCUT2D eigenvalue weighted by Gasteiger charge is -2.28. The SMILES string of the molecule is OCC(CBr)C1CCNCC1. The molecule has 2 N–H and O–H groups in total. The van der Waals surface area contributed by atoms with Crippen LogP contribution in [0, 0.1) is 11.8 Å². The van der Waals surface area contributed by atoms with E-state index < -0.39 is 0 Å². The Morgan fingerprint density at radius 3 is 2.55 bits per heavy atom. The van der Waals surface area contributed by atoms with Crippen LogP contribution in [0.2, 0.25) is 0 Å². The Hall–Kier alpha value is 0.400. The number of hydrogen-bond acceptors (Lipinski definition) is 2. The van der Waals surface area contributed by atoms with Gasteiger partial charge in [-0.25, -0.2) is 0 Å². The molecule has 1 aliphatic rings. The molecule has 11 heavy (non-hydrogen) atoms. The van der Waals surface area contributed by atoms with Crippen LogP contribution in [0.15, 0.2) is 0 Å². The summed E-state index contributed by atoms with van der Waals surface area (Å²) >= 11 is 3.43. The Bertz CT molecular complexity index is 100. The first-order chi connectivity index (χ1) is 5.38. The molecule has 0 amide bonds. The zero-order chi connectivity index (χ0) is 8.10. The maximum absolute atomic E-state index is 9.03. The second-order valence-electron chi connectivity index (χ2n) is 3.18. The van der Waals surface area contributed by atoms with E-state index in [4.69, 9.17) is 5.11 Å². The molecule has 0 spiro atoms. The van der Waals surface area contributed by atoms with Crippen LogP contribution in [0.25, 0.3) is 0 Å². The highest BCUT2D eigenvalue weighted by Crippen LogP contribution is 2.22. The first-order valence-electron chi connectivity index (χ1n) is 4.26. The molecule has 1 atom stereocenters. The number of alkyl halides is 1. The molecule has 0 bridgehead atoms. The van der Waals surface area contributed by atoms with Crippen LogP contribution in [0.3, 0.4) is 0 Å². The fourth-order valence-corrected chi connectivity index (χ4v) is 2.37. The molecule has 2 nitrogen and oxygen atoms in total. The molecule has 0 radical (unpaired) electrons. The highest BCUT2D eigenvalue weighted by Gasteiger charge is 2.21. The Morgan fingerprint density at radius 1 is 1.45 bits per heavy atom. The van der Waals surface area contributed by atoms with Crippen LogP contribution in [0.1, 0.15) is 12.8 Å². The molecule has 3 heteroatoms. The van der Waals surface area contributed by atoms with Gasteiger partial charge in [0.05, 0.1) is 0 Å². The lowest BCUT2D eigenvalue weighted by atomic mass is 9.87. The van der Waals surface area contributed by atoms with E-state index in [1.807, 2.05) is 0 Å². The van der Waals surface area contributed by atoms with Gasteiger partial charge < -0.3 is 10.4 Å². The number of aliphatic hydroxyl groups excluding tert-OH is 1. The van der Waals surface area contributed by atoms with Gasteiger partial charge in [-0.1, -0.05) is 15.9 Å². The summed E-state index contributed by atoms with van der Waals surface area (Å²) in [7, 11) is 0. The monoisotopic (exact) mass is 221 g/mol. The van der Waals surface area contributed by atoms with Crippen molar-refractivity contribution in [2.24, 2.45) is 11.8 Å². The number of piperidine rings is 1. The molecule has 0 aromatic rings. The Morgan fingerprint density at radius 2 is 2.09 bits per heavy atom. The summed E-state index contributed by atoms with van der Waals surface area (Å²) in [5.74, 6) is 1.19. The van der Waals surface area contributed by atoms with E-state index in [-0.39, 0.29) is 0 Å². The quantitative estimate of drug-likeness (QED) is 0.698. The summed E-state index contributed by atoms with van der Waals surface area (Å²) in [5, 5.41) is 13.3. The van der Waals surface area contributed by atoms with E-state index in [1.165, 1.54) is 12.8 Å². The number of hydrogen-bond donors (Lipinski definition) is 2. The first-order valence-corrected chi connectivity index (χ1v) is 5.38. The van der Waals surface area contributed by atoms with E-state index >= 15 is 0 Å². The molecule has 1 rings (SSSR count). The average Bonchev–Trinajstić information content (AvgIpc) is 2.09. The predicted molar refractivity (Wildman–Crippen MR) is 50.0 cm³/mol. The van der Waals surface area contributed by atoms with E-state index in [9.17, 15) is 0 Å². The lowest BCUT2D eigenvalue weighted by molar-refractivity contribution is 0.169. The van der Waals surface area contributed by atoms with Crippen molar-refractivity contribution in [2.45, 2.75) is 12.8 Å². The normalized spacial score (nSPS) is 23.5. The van der Waals surface area contributed by atoms with Gasteiger partial charge in [-0.3, -0.25) is 0 Å². The number of rotatable bonds is 3. The summed E-state index contributed by atoms with van der Waals surface area (Å²) in [5.41, 5.74) is 0. The zero-order valence-corrected chi connectivity index (χ0v) is 8.31. The molecule has 1 aliphatic heterocycles. The van der Waals surface area contributed by atoms with Crippen molar-refractivity contribution in [3.63, 3.8) is 0 Å². The van der Waals surface area contributed by atoms with Gasteiger partial charge in [0.25, 0.3) is 0 Å². The fraction of sp³-hybridized carbons (Fsp3) is 1.00. The van der Waals surface area contributed by atoms with Crippen molar-refractivity contribution in [2.75, 3.05) is 25.0 Å². The molecule has 66 valence electrons. The second-order valence-corrected chi connectivity index (χ2v) is 3.83. The standard InChI is InChI=1S/C8H16BrNO/c9-5-8(6-11)7-1-3-10-4-2-7/h7-8,10-11H,1-6H2. The van der Waals surface area contributed by atoms with Crippen molar-refractivity contribution >= 4 is 15.9 Å². The van der Waals surface area contributed by atoms with Gasteiger partial charge in [-0.15, -0.1) is 0 Å². The molecule has 1 heterocycles. The fourth-order valence-electron chi connectivity index (χ4n) is 1.64. The summed E-state index contributed by atoms with van der Waals surface area (Å²) in [4.78, 5) is 0. The molecular weight excluding hydrogens is 206 g/mol. The van der Waals surface area contributed by atoms with Crippen LogP contribution in [0.5, 0.6) is 0 Å². The Balaban J connectivity index is 2.30. The van der Waals surface area contributed by atoms with E-state index in [0.717, 1.165) is 24.3 Å². The first kappa shape index (κ1) is 9.49. The van der Waals surface area contributed by atoms with Crippen molar-refractivity contribution in [1.82, 2.24) is 5.32 Å². The van der Waals surface area contributed by atoms with Crippen molar-refractivity contribution in [3.05, 3.63) is 0 Å². The van der Waals surface area contributed by atoms with Crippen molar-refractivity contribution < 1.29 is 5.11 Å². The topological polar surface area (TPSA) is 32.3 Å². The number of halogens is 1. The van der Waals surface area contributed by atoms with E-state index in [0.29, 0.717) is 12.5 Å². The van der Waals surface area contributed by atoms with E-state index in [2.05, 4.69) is 21.2 Å². The molecular formula is C8H16BrNO. The molecule has 0 aromatic carbocycles. The van der Waals surface area contributed by atoms with Gasteiger partial charge in [0.15, 0.2) is 0 Å². The number of nitrogens with one attached hydrogen (secondary N) is 1. The van der Waals surface area contributed by atoms with Gasteiger partial charge >= 0.3 is 0 Å². The van der Waals surface area contributed by atoms with Gasteiger partial charge in [-0.2, -0.15) is 0 Å². The summed E-state index contributed by atoms with van der Waals surface area (Å²) < 4.78 is 0. The molecule has 0 aliphatic carbocycles. The van der Waals surface area contributed by atoms with Crippen LogP contribution in [-0.4, -0.2) is 30.1 Å². The minimum Gasteiger partial charge on any atom is -0.396 e. The smallest absolute Gasteiger partial charge is 0.0469 e. The van der Waals surface area contributed by atoms with Crippen LogP contribution >= 0.6 is 15.9 Å². The van der Waals surface area contributed by atoms with Crippen molar-refractivity contribution in [1.29, 1.82) is 0 Å². The maximum Gasteiger partial charge on any atom is 0.0469 e. The summed E-state index contributed by atoms with van der Waals surface area (Å²) in [6.45, 7) is 2.57. The van der Waals surface area contributed by atoms with Crippen LogP contribution < -0.4 is 5.32 Å². The minimum absolute atomic E-state index is 0.329. The number of aliphatic hydroxyl groups is 1. The maximum atomic E-state index is 9.03. The third-order valence-electron chi connectivity index (χ3n) is 2.48. The third kappa shape index (κ3) is 2.73. The third-order valence-corrected chi connectivity index (χ3v) is 3.31. The summed E-state index contributed by atoms with van der Waals surface area (Å²) in [6.07, 6.45) is 2.44. The molecule has 0 aromatic heterocycles. The molecule has 1 unspecified atom stereocenters. The van der Waals surface area contributed by atoms with Crippen molar-refractivity contribution in [3.8, 4) is 0 Å². The largest absolute Gasteiger partial charge is 0.396 e. The zero-order valence-electron chi connectivity index (χ0n) is 6.72. The molecule has 1 fully saturated rings. The van der Waals surface area contributed by atoms with Crippen LogP contribution in [-0.2, 0) is 0 Å². The predicted octanol–water partition coefficient (Wildman–Crippen LogP) is 0.989. The Kier molecular flexibility index (Phi) is 4.41. The average molecular weight is 222 g/mol.